The van der Waals surface area contributed by atoms with Crippen molar-refractivity contribution in [1.82, 2.24) is 9.88 Å². The molecular formula is C23H24ClFN2O5. The van der Waals surface area contributed by atoms with Gasteiger partial charge in [-0.1, -0.05) is 35.9 Å². The van der Waals surface area contributed by atoms with Gasteiger partial charge in [0.05, 0.1) is 29.1 Å². The number of methoxy groups -OCH3 is 1. The first-order valence-corrected chi connectivity index (χ1v) is 10.3. The number of aliphatic carboxylic acids is 1. The van der Waals surface area contributed by atoms with E-state index in [-0.39, 0.29) is 17.3 Å². The first kappa shape index (κ1) is 23.7. The molecule has 170 valence electrons. The van der Waals surface area contributed by atoms with E-state index in [4.69, 9.17) is 16.3 Å². The summed E-state index contributed by atoms with van der Waals surface area (Å²) < 4.78 is 20.3. The maximum atomic E-state index is 13.8. The maximum absolute atomic E-state index is 13.8. The number of aryl methyl sites for hydroxylation is 1. The molecule has 32 heavy (non-hydrogen) atoms. The molecule has 0 aliphatic carbocycles. The highest BCUT2D eigenvalue weighted by molar-refractivity contribution is 6.35. The van der Waals surface area contributed by atoms with Crippen molar-refractivity contribution in [3.8, 4) is 0 Å². The Kier molecular flexibility index (Phi) is 7.50. The number of halogens is 2. The summed E-state index contributed by atoms with van der Waals surface area (Å²) >= 11 is 6.03. The van der Waals surface area contributed by atoms with E-state index in [0.29, 0.717) is 35.1 Å². The molecule has 0 radical (unpaired) electrons. The lowest BCUT2D eigenvalue weighted by molar-refractivity contribution is -0.139. The van der Waals surface area contributed by atoms with E-state index in [0.717, 1.165) is 0 Å². The van der Waals surface area contributed by atoms with Gasteiger partial charge in [-0.15, -0.1) is 0 Å². The van der Waals surface area contributed by atoms with Gasteiger partial charge in [-0.3, -0.25) is 9.59 Å². The monoisotopic (exact) mass is 462 g/mol. The van der Waals surface area contributed by atoms with Gasteiger partial charge >= 0.3 is 5.97 Å². The maximum Gasteiger partial charge on any atom is 0.311 e. The van der Waals surface area contributed by atoms with Crippen LogP contribution in [0.15, 0.2) is 42.5 Å². The smallest absolute Gasteiger partial charge is 0.311 e. The second kappa shape index (κ2) is 10.1. The molecule has 0 bridgehead atoms. The third-order valence-electron chi connectivity index (χ3n) is 5.48. The molecule has 1 amide bonds. The highest BCUT2D eigenvalue weighted by Crippen LogP contribution is 2.29. The van der Waals surface area contributed by atoms with E-state index in [1.165, 1.54) is 25.3 Å². The van der Waals surface area contributed by atoms with Crippen LogP contribution in [-0.2, 0) is 16.6 Å². The molecular weight excluding hydrogens is 439 g/mol. The number of nitrogens with one attached hydrogen (secondary N) is 1. The minimum atomic E-state index is -0.951. The van der Waals surface area contributed by atoms with Gasteiger partial charge in [-0.2, -0.15) is 0 Å². The van der Waals surface area contributed by atoms with Gasteiger partial charge in [0.1, 0.15) is 11.5 Å². The summed E-state index contributed by atoms with van der Waals surface area (Å²) in [7, 11) is 3.18. The number of hydrogen-bond donors (Lipinski definition) is 3. The van der Waals surface area contributed by atoms with Crippen LogP contribution in [0.1, 0.15) is 40.0 Å². The first-order valence-electron chi connectivity index (χ1n) is 9.95. The Morgan fingerprint density at radius 1 is 1.19 bits per heavy atom. The fourth-order valence-corrected chi connectivity index (χ4v) is 3.88. The number of carboxylic acid groups (broad SMARTS) is 1. The van der Waals surface area contributed by atoms with Gasteiger partial charge in [-0.25, -0.2) is 4.39 Å². The fourth-order valence-electron chi connectivity index (χ4n) is 3.66. The fraction of sp³-hybridized carbons (Fsp3) is 0.304. The van der Waals surface area contributed by atoms with Crippen molar-refractivity contribution in [2.75, 3.05) is 20.3 Å². The van der Waals surface area contributed by atoms with Crippen LogP contribution in [0, 0.1) is 5.82 Å². The molecule has 0 aliphatic rings. The number of nitrogens with zero attached hydrogens (tertiary/aromatic N) is 1. The molecule has 2 aromatic carbocycles. The summed E-state index contributed by atoms with van der Waals surface area (Å²) in [5.41, 5.74) is 2.07. The molecule has 0 fully saturated rings. The minimum absolute atomic E-state index is 0.0621. The zero-order chi connectivity index (χ0) is 23.4. The number of benzene rings is 2. The van der Waals surface area contributed by atoms with Crippen molar-refractivity contribution >= 4 is 34.4 Å². The second-order valence-electron chi connectivity index (χ2n) is 7.43. The number of hydrogen-bond acceptors (Lipinski definition) is 4. The van der Waals surface area contributed by atoms with Crippen molar-refractivity contribution in [1.29, 1.82) is 0 Å². The highest BCUT2D eigenvalue weighted by atomic mass is 35.5. The molecule has 1 unspecified atom stereocenters. The Balaban J connectivity index is 1.81. The number of aliphatic hydroxyl groups is 1. The van der Waals surface area contributed by atoms with E-state index in [9.17, 15) is 24.2 Å². The molecule has 1 aromatic heterocycles. The number of carbonyl (C=O) groups excluding carboxylic acids is 1. The molecule has 0 aliphatic heterocycles. The predicted octanol–water partition coefficient (Wildman–Crippen LogP) is 3.64. The number of fused-ring (bicyclic) bond motifs is 1. The largest absolute Gasteiger partial charge is 0.481 e. The average molecular weight is 463 g/mol. The van der Waals surface area contributed by atoms with Gasteiger partial charge in [-0.05, 0) is 35.7 Å². The van der Waals surface area contributed by atoms with E-state index >= 15 is 0 Å². The highest BCUT2D eigenvalue weighted by Gasteiger charge is 2.22. The van der Waals surface area contributed by atoms with E-state index in [2.05, 4.69) is 5.32 Å². The van der Waals surface area contributed by atoms with Crippen molar-refractivity contribution < 1.29 is 28.9 Å². The predicted molar refractivity (Wildman–Crippen MR) is 118 cm³/mol. The second-order valence-corrected chi connectivity index (χ2v) is 7.81. The van der Waals surface area contributed by atoms with E-state index in [1.807, 2.05) is 0 Å². The molecule has 0 saturated heterocycles. The molecule has 9 heteroatoms. The van der Waals surface area contributed by atoms with Crippen LogP contribution >= 0.6 is 11.6 Å². The molecule has 3 N–H and O–H groups in total. The van der Waals surface area contributed by atoms with Crippen molar-refractivity contribution in [2.45, 2.75) is 18.4 Å². The first-order chi connectivity index (χ1) is 15.3. The summed E-state index contributed by atoms with van der Waals surface area (Å²) in [4.78, 5) is 24.4. The normalized spacial score (nSPS) is 13.2. The third kappa shape index (κ3) is 4.77. The van der Waals surface area contributed by atoms with Crippen molar-refractivity contribution in [2.24, 2.45) is 7.05 Å². The van der Waals surface area contributed by atoms with Crippen molar-refractivity contribution in [3.05, 3.63) is 70.1 Å². The lowest BCUT2D eigenvalue weighted by atomic mass is 9.94. The summed E-state index contributed by atoms with van der Waals surface area (Å²) in [6.45, 7) is -0.0522. The Labute approximate surface area is 189 Å². The lowest BCUT2D eigenvalue weighted by Crippen LogP contribution is -2.32. The minimum Gasteiger partial charge on any atom is -0.481 e. The van der Waals surface area contributed by atoms with E-state index in [1.54, 1.807) is 35.9 Å². The molecule has 1 heterocycles. The molecule has 2 atom stereocenters. The third-order valence-corrected chi connectivity index (χ3v) is 5.87. The SMILES string of the molecule is COCCC(C(=O)O)c1ccc([C@@H](CO)NC(=O)c2cc3c(Cl)c(F)ccc3n2C)cc1. The van der Waals surface area contributed by atoms with Crippen LogP contribution in [0.4, 0.5) is 4.39 Å². The number of carboxylic acids is 1. The number of amides is 1. The van der Waals surface area contributed by atoms with Crippen LogP contribution in [-0.4, -0.2) is 47.0 Å². The topological polar surface area (TPSA) is 101 Å². The average Bonchev–Trinajstić information content (AvgIpc) is 3.12. The molecule has 0 saturated carbocycles. The molecule has 3 rings (SSSR count). The number of rotatable bonds is 9. The summed E-state index contributed by atoms with van der Waals surface area (Å²) in [6.07, 6.45) is 0.329. The quantitative estimate of drug-likeness (QED) is 0.450. The Hall–Kier alpha value is -2.94. The Bertz CT molecular complexity index is 1130. The number of aliphatic hydroxyl groups excluding tert-OH is 1. The zero-order valence-corrected chi connectivity index (χ0v) is 18.4. The standard InChI is InChI=1S/C23H24ClFN2O5/c1-27-19-8-7-17(25)21(24)16(19)11-20(27)22(29)26-18(12-28)14-5-3-13(4-6-14)15(23(30)31)9-10-32-2/h3-8,11,15,18,28H,9-10,12H2,1-2H3,(H,26,29)(H,30,31)/t15?,18-/m1/s1. The van der Waals surface area contributed by atoms with Gasteiger partial charge in [0.2, 0.25) is 0 Å². The van der Waals surface area contributed by atoms with Gasteiger partial charge in [0, 0.05) is 26.2 Å². The zero-order valence-electron chi connectivity index (χ0n) is 17.6. The van der Waals surface area contributed by atoms with Crippen LogP contribution in [0.5, 0.6) is 0 Å². The van der Waals surface area contributed by atoms with Gasteiger partial charge in [0.25, 0.3) is 5.91 Å². The van der Waals surface area contributed by atoms with Gasteiger partial charge in [0.15, 0.2) is 0 Å². The summed E-state index contributed by atoms with van der Waals surface area (Å²) in [6, 6.07) is 10.2. The van der Waals surface area contributed by atoms with Crippen molar-refractivity contribution in [3.63, 3.8) is 0 Å². The Morgan fingerprint density at radius 2 is 1.84 bits per heavy atom. The number of ether oxygens (including phenoxy) is 1. The molecule has 3 aromatic rings. The summed E-state index contributed by atoms with van der Waals surface area (Å²) in [5, 5.41) is 22.4. The van der Waals surface area contributed by atoms with Crippen LogP contribution in [0.3, 0.4) is 0 Å². The van der Waals surface area contributed by atoms with Gasteiger partial charge < -0.3 is 24.8 Å². The molecule has 0 spiro atoms. The Morgan fingerprint density at radius 3 is 2.44 bits per heavy atom. The lowest BCUT2D eigenvalue weighted by Gasteiger charge is -2.18. The van der Waals surface area contributed by atoms with E-state index < -0.39 is 29.7 Å². The number of aromatic nitrogens is 1. The van der Waals surface area contributed by atoms with Crippen LogP contribution < -0.4 is 5.32 Å². The molecule has 7 nitrogen and oxygen atoms in total. The van der Waals surface area contributed by atoms with Crippen LogP contribution in [0.2, 0.25) is 5.02 Å². The summed E-state index contributed by atoms with van der Waals surface area (Å²) in [5.74, 6) is -2.71. The number of carbonyl (C=O) groups is 2. The van der Waals surface area contributed by atoms with Crippen LogP contribution in [0.25, 0.3) is 10.9 Å².